The number of hydrogen-bond acceptors (Lipinski definition) is 6. The van der Waals surface area contributed by atoms with Crippen LogP contribution in [0.3, 0.4) is 0 Å². The minimum Gasteiger partial charge on any atom is -0.458 e. The summed E-state index contributed by atoms with van der Waals surface area (Å²) in [5, 5.41) is 6.55. The first-order valence-electron chi connectivity index (χ1n) is 11.0. The number of rotatable bonds is 4. The van der Waals surface area contributed by atoms with E-state index >= 15 is 0 Å². The van der Waals surface area contributed by atoms with Gasteiger partial charge in [-0.2, -0.15) is 0 Å². The molecule has 3 aromatic carbocycles. The molecule has 0 radical (unpaired) electrons. The Hall–Kier alpha value is -4.39. The van der Waals surface area contributed by atoms with Gasteiger partial charge < -0.3 is 15.4 Å². The van der Waals surface area contributed by atoms with Gasteiger partial charge in [0, 0.05) is 11.3 Å². The molecule has 0 aliphatic carbocycles. The summed E-state index contributed by atoms with van der Waals surface area (Å²) in [6.07, 6.45) is -0.419. The molecule has 1 saturated heterocycles. The first-order valence-corrected chi connectivity index (χ1v) is 11.0. The number of esters is 1. The number of hydrogen-bond donors (Lipinski definition) is 2. The van der Waals surface area contributed by atoms with E-state index in [4.69, 9.17) is 4.74 Å². The Morgan fingerprint density at radius 3 is 2.09 bits per heavy atom. The van der Waals surface area contributed by atoms with Crippen molar-refractivity contribution in [2.45, 2.75) is 25.6 Å². The molecule has 34 heavy (non-hydrogen) atoms. The Morgan fingerprint density at radius 1 is 0.853 bits per heavy atom. The van der Waals surface area contributed by atoms with Gasteiger partial charge in [-0.3, -0.25) is 14.5 Å². The SMILES string of the molecule is CC(C)OC(=O)C1=C2C(=O)C(=O)N(c3ccccc3)C2(c2ccccc2)Nc2ccccc2N1. The third-order valence-electron chi connectivity index (χ3n) is 5.83. The molecule has 0 aromatic heterocycles. The molecule has 1 fully saturated rings. The van der Waals surface area contributed by atoms with Crippen molar-refractivity contribution >= 4 is 34.7 Å². The van der Waals surface area contributed by atoms with Crippen molar-refractivity contribution in [3.05, 3.63) is 102 Å². The Bertz CT molecular complexity index is 1320. The highest BCUT2D eigenvalue weighted by molar-refractivity contribution is 6.52. The van der Waals surface area contributed by atoms with Crippen molar-refractivity contribution < 1.29 is 19.1 Å². The van der Waals surface area contributed by atoms with Crippen molar-refractivity contribution in [1.82, 2.24) is 0 Å². The third-order valence-corrected chi connectivity index (χ3v) is 5.83. The number of carbonyl (C=O) groups excluding carboxylic acids is 3. The van der Waals surface area contributed by atoms with E-state index in [1.165, 1.54) is 4.90 Å². The Labute approximate surface area is 197 Å². The number of para-hydroxylation sites is 3. The van der Waals surface area contributed by atoms with Gasteiger partial charge in [0.1, 0.15) is 5.70 Å². The number of carbonyl (C=O) groups is 3. The third kappa shape index (κ3) is 3.25. The molecule has 7 heteroatoms. The van der Waals surface area contributed by atoms with E-state index in [2.05, 4.69) is 10.6 Å². The summed E-state index contributed by atoms with van der Waals surface area (Å²) in [6, 6.07) is 25.4. The highest BCUT2D eigenvalue weighted by atomic mass is 16.5. The molecule has 0 spiro atoms. The van der Waals surface area contributed by atoms with E-state index in [1.54, 1.807) is 44.2 Å². The summed E-state index contributed by atoms with van der Waals surface area (Å²) in [5.41, 5.74) is 0.802. The van der Waals surface area contributed by atoms with E-state index in [1.807, 2.05) is 54.6 Å². The van der Waals surface area contributed by atoms with Crippen molar-refractivity contribution in [3.63, 3.8) is 0 Å². The van der Waals surface area contributed by atoms with Gasteiger partial charge in [0.25, 0.3) is 5.78 Å². The number of nitrogens with zero attached hydrogens (tertiary/aromatic N) is 1. The first-order chi connectivity index (χ1) is 16.4. The summed E-state index contributed by atoms with van der Waals surface area (Å²) in [6.45, 7) is 3.46. The van der Waals surface area contributed by atoms with Gasteiger partial charge in [-0.25, -0.2) is 4.79 Å². The van der Waals surface area contributed by atoms with Crippen LogP contribution < -0.4 is 15.5 Å². The summed E-state index contributed by atoms with van der Waals surface area (Å²) >= 11 is 0. The number of nitrogens with one attached hydrogen (secondary N) is 2. The minimum atomic E-state index is -1.48. The van der Waals surface area contributed by atoms with Gasteiger partial charge in [0.15, 0.2) is 5.66 Å². The zero-order valence-electron chi connectivity index (χ0n) is 18.7. The van der Waals surface area contributed by atoms with Gasteiger partial charge in [-0.1, -0.05) is 60.7 Å². The molecular formula is C27H23N3O4. The van der Waals surface area contributed by atoms with Crippen LogP contribution in [0.25, 0.3) is 0 Å². The lowest BCUT2D eigenvalue weighted by Gasteiger charge is -2.40. The Balaban J connectivity index is 1.89. The minimum absolute atomic E-state index is 0.00518. The second kappa shape index (κ2) is 8.19. The second-order valence-electron chi connectivity index (χ2n) is 8.38. The summed E-state index contributed by atoms with van der Waals surface area (Å²) < 4.78 is 5.50. The standard InChI is InChI=1S/C27H23N3O4/c1-17(2)34-26(33)23-22-24(31)25(32)30(19-13-7-4-8-14-19)27(22,18-11-5-3-6-12-18)29-21-16-10-9-15-20(21)28-23/h3-17,28-29H,1-2H3. The smallest absolute Gasteiger partial charge is 0.355 e. The van der Waals surface area contributed by atoms with E-state index < -0.39 is 29.4 Å². The van der Waals surface area contributed by atoms with Crippen LogP contribution in [-0.4, -0.2) is 23.8 Å². The summed E-state index contributed by atoms with van der Waals surface area (Å²) in [5.74, 6) is -2.23. The molecule has 1 atom stereocenters. The lowest BCUT2D eigenvalue weighted by atomic mass is 9.89. The average molecular weight is 453 g/mol. The van der Waals surface area contributed by atoms with Crippen molar-refractivity contribution in [2.24, 2.45) is 0 Å². The molecule has 3 aromatic rings. The molecule has 170 valence electrons. The molecule has 2 aliphatic heterocycles. The van der Waals surface area contributed by atoms with E-state index in [9.17, 15) is 14.4 Å². The van der Waals surface area contributed by atoms with Crippen molar-refractivity contribution in [3.8, 4) is 0 Å². The highest BCUT2D eigenvalue weighted by Gasteiger charge is 2.60. The maximum absolute atomic E-state index is 13.7. The molecule has 2 heterocycles. The topological polar surface area (TPSA) is 87.7 Å². The highest BCUT2D eigenvalue weighted by Crippen LogP contribution is 2.49. The molecule has 7 nitrogen and oxygen atoms in total. The van der Waals surface area contributed by atoms with Crippen molar-refractivity contribution in [1.29, 1.82) is 0 Å². The van der Waals surface area contributed by atoms with Crippen LogP contribution in [0.1, 0.15) is 19.4 Å². The van der Waals surface area contributed by atoms with Crippen molar-refractivity contribution in [2.75, 3.05) is 15.5 Å². The van der Waals surface area contributed by atoms with E-state index in [0.29, 0.717) is 22.6 Å². The van der Waals surface area contributed by atoms with E-state index in [0.717, 1.165) is 0 Å². The largest absolute Gasteiger partial charge is 0.458 e. The monoisotopic (exact) mass is 453 g/mol. The van der Waals surface area contributed by atoms with Crippen LogP contribution >= 0.6 is 0 Å². The van der Waals surface area contributed by atoms with Crippen LogP contribution in [0.2, 0.25) is 0 Å². The zero-order chi connectivity index (χ0) is 23.9. The van der Waals surface area contributed by atoms with Gasteiger partial charge in [-0.05, 0) is 38.1 Å². The molecular weight excluding hydrogens is 430 g/mol. The number of ether oxygens (including phenoxy) is 1. The van der Waals surface area contributed by atoms with Crippen LogP contribution in [0.4, 0.5) is 17.1 Å². The number of fused-ring (bicyclic) bond motifs is 2. The van der Waals surface area contributed by atoms with E-state index in [-0.39, 0.29) is 11.3 Å². The molecule has 0 bridgehead atoms. The maximum Gasteiger partial charge on any atom is 0.355 e. The van der Waals surface area contributed by atoms with Crippen LogP contribution in [-0.2, 0) is 24.8 Å². The number of anilines is 3. The number of Topliss-reactive ketones (excluding diaryl/α,β-unsaturated/α-hetero) is 1. The van der Waals surface area contributed by atoms with Crippen LogP contribution in [0, 0.1) is 0 Å². The zero-order valence-corrected chi connectivity index (χ0v) is 18.7. The fourth-order valence-electron chi connectivity index (χ4n) is 4.48. The fraction of sp³-hybridized carbons (Fsp3) is 0.148. The molecule has 1 unspecified atom stereocenters. The predicted molar refractivity (Wildman–Crippen MR) is 129 cm³/mol. The molecule has 2 aliphatic rings. The lowest BCUT2D eigenvalue weighted by Crippen LogP contribution is -2.50. The Morgan fingerprint density at radius 2 is 1.44 bits per heavy atom. The molecule has 5 rings (SSSR count). The fourth-order valence-corrected chi connectivity index (χ4v) is 4.48. The quantitative estimate of drug-likeness (QED) is 0.455. The molecule has 1 amide bonds. The lowest BCUT2D eigenvalue weighted by molar-refractivity contribution is -0.142. The normalized spacial score (nSPS) is 19.2. The van der Waals surface area contributed by atoms with Gasteiger partial charge in [0.05, 0.1) is 23.1 Å². The first kappa shape index (κ1) is 21.5. The molecule has 0 saturated carbocycles. The Kier molecular flexibility index (Phi) is 5.17. The van der Waals surface area contributed by atoms with Crippen LogP contribution in [0.15, 0.2) is 96.2 Å². The van der Waals surface area contributed by atoms with Crippen LogP contribution in [0.5, 0.6) is 0 Å². The van der Waals surface area contributed by atoms with Gasteiger partial charge >= 0.3 is 11.9 Å². The number of ketones is 1. The second-order valence-corrected chi connectivity index (χ2v) is 8.38. The maximum atomic E-state index is 13.7. The summed E-state index contributed by atoms with van der Waals surface area (Å²) in [4.78, 5) is 42.0. The number of benzene rings is 3. The summed E-state index contributed by atoms with van der Waals surface area (Å²) in [7, 11) is 0. The molecule has 2 N–H and O–H groups in total. The number of amides is 1. The van der Waals surface area contributed by atoms with Gasteiger partial charge in [-0.15, -0.1) is 0 Å². The average Bonchev–Trinajstić information content (AvgIpc) is 2.96. The van der Waals surface area contributed by atoms with Gasteiger partial charge in [0.2, 0.25) is 0 Å². The predicted octanol–water partition coefficient (Wildman–Crippen LogP) is 4.20.